The van der Waals surface area contributed by atoms with Crippen LogP contribution in [0.1, 0.15) is 37.7 Å². The lowest BCUT2D eigenvalue weighted by atomic mass is 9.71. The number of hydrogen-bond donors (Lipinski definition) is 1. The van der Waals surface area contributed by atoms with E-state index in [2.05, 4.69) is 4.98 Å². The van der Waals surface area contributed by atoms with E-state index < -0.39 is 17.3 Å². The van der Waals surface area contributed by atoms with Crippen molar-refractivity contribution in [2.45, 2.75) is 43.9 Å². The molecular formula is C15H19F3N2O. The summed E-state index contributed by atoms with van der Waals surface area (Å²) in [5, 5.41) is 10.6. The number of aliphatic hydroxyl groups is 1. The van der Waals surface area contributed by atoms with Crippen molar-refractivity contribution in [2.75, 3.05) is 18.0 Å². The van der Waals surface area contributed by atoms with Gasteiger partial charge in [-0.1, -0.05) is 12.8 Å². The Morgan fingerprint density at radius 3 is 2.86 bits per heavy atom. The smallest absolute Gasteiger partial charge is 0.389 e. The monoisotopic (exact) mass is 300 g/mol. The van der Waals surface area contributed by atoms with Crippen LogP contribution in [-0.4, -0.2) is 28.8 Å². The van der Waals surface area contributed by atoms with E-state index in [1.165, 1.54) is 6.20 Å². The molecule has 2 heterocycles. The number of nitrogens with zero attached hydrogens (tertiary/aromatic N) is 2. The van der Waals surface area contributed by atoms with E-state index in [1.807, 2.05) is 4.90 Å². The molecule has 1 saturated carbocycles. The van der Waals surface area contributed by atoms with E-state index in [-0.39, 0.29) is 5.92 Å². The van der Waals surface area contributed by atoms with Gasteiger partial charge in [0.25, 0.3) is 0 Å². The van der Waals surface area contributed by atoms with Gasteiger partial charge in [-0.2, -0.15) is 13.2 Å². The molecule has 0 radical (unpaired) electrons. The van der Waals surface area contributed by atoms with Gasteiger partial charge in [-0.05, 0) is 31.4 Å². The van der Waals surface area contributed by atoms with Gasteiger partial charge in [-0.25, -0.2) is 4.98 Å². The van der Waals surface area contributed by atoms with Crippen molar-refractivity contribution in [1.82, 2.24) is 4.98 Å². The van der Waals surface area contributed by atoms with Gasteiger partial charge >= 0.3 is 6.18 Å². The second-order valence-electron chi connectivity index (χ2n) is 6.14. The number of hydrogen-bond acceptors (Lipinski definition) is 3. The van der Waals surface area contributed by atoms with Crippen molar-refractivity contribution in [3.63, 3.8) is 0 Å². The zero-order valence-electron chi connectivity index (χ0n) is 11.7. The topological polar surface area (TPSA) is 36.4 Å². The lowest BCUT2D eigenvalue weighted by Crippen LogP contribution is -2.53. The molecule has 3 rings (SSSR count). The maximum atomic E-state index is 12.8. The molecule has 1 saturated heterocycles. The summed E-state index contributed by atoms with van der Waals surface area (Å²) >= 11 is 0. The van der Waals surface area contributed by atoms with Crippen LogP contribution in [0.3, 0.4) is 0 Å². The lowest BCUT2D eigenvalue weighted by molar-refractivity contribution is -0.137. The summed E-state index contributed by atoms with van der Waals surface area (Å²) in [5.41, 5.74) is -1.30. The number of pyridine rings is 1. The van der Waals surface area contributed by atoms with Crippen molar-refractivity contribution in [3.8, 4) is 0 Å². The average Bonchev–Trinajstić information content (AvgIpc) is 2.45. The Hall–Kier alpha value is -1.30. The first-order chi connectivity index (χ1) is 9.88. The highest BCUT2D eigenvalue weighted by Crippen LogP contribution is 2.41. The minimum atomic E-state index is -4.35. The van der Waals surface area contributed by atoms with Crippen LogP contribution < -0.4 is 4.90 Å². The Morgan fingerprint density at radius 2 is 2.10 bits per heavy atom. The van der Waals surface area contributed by atoms with Crippen molar-refractivity contribution in [3.05, 3.63) is 23.9 Å². The fourth-order valence-corrected chi connectivity index (χ4v) is 3.55. The average molecular weight is 300 g/mol. The number of alkyl halides is 3. The second kappa shape index (κ2) is 5.16. The summed E-state index contributed by atoms with van der Waals surface area (Å²) in [6, 6.07) is 2.09. The van der Waals surface area contributed by atoms with Crippen LogP contribution >= 0.6 is 0 Å². The fraction of sp³-hybridized carbons (Fsp3) is 0.667. The zero-order chi connectivity index (χ0) is 15.1. The maximum Gasteiger partial charge on any atom is 0.416 e. The molecule has 0 amide bonds. The van der Waals surface area contributed by atoms with Gasteiger partial charge in [0.1, 0.15) is 5.82 Å². The van der Waals surface area contributed by atoms with Gasteiger partial charge in [0.15, 0.2) is 0 Å². The molecule has 21 heavy (non-hydrogen) atoms. The van der Waals surface area contributed by atoms with Crippen LogP contribution in [0.25, 0.3) is 0 Å². The standard InChI is InChI=1S/C15H19F3N2O/c16-15(17,18)11-4-7-19-13(9-11)20-8-6-14(21)5-2-1-3-12(14)10-20/h4,7,9,12,21H,1-3,5-6,8,10H2. The maximum absolute atomic E-state index is 12.8. The summed E-state index contributed by atoms with van der Waals surface area (Å²) in [7, 11) is 0. The number of anilines is 1. The Labute approximate surface area is 121 Å². The minimum absolute atomic E-state index is 0.136. The SMILES string of the molecule is OC12CCCCC1CN(c1cc(C(F)(F)F)ccn1)CC2. The van der Waals surface area contributed by atoms with Crippen LogP contribution in [0.2, 0.25) is 0 Å². The highest BCUT2D eigenvalue weighted by Gasteiger charge is 2.43. The molecule has 1 aliphatic carbocycles. The molecule has 2 aliphatic rings. The lowest BCUT2D eigenvalue weighted by Gasteiger charge is -2.47. The molecule has 0 bridgehead atoms. The van der Waals surface area contributed by atoms with Crippen molar-refractivity contribution in [2.24, 2.45) is 5.92 Å². The molecule has 2 fully saturated rings. The van der Waals surface area contributed by atoms with Crippen molar-refractivity contribution >= 4 is 5.82 Å². The van der Waals surface area contributed by atoms with Gasteiger partial charge in [-0.3, -0.25) is 0 Å². The van der Waals surface area contributed by atoms with E-state index in [0.717, 1.165) is 37.8 Å². The predicted molar refractivity (Wildman–Crippen MR) is 73.0 cm³/mol. The Bertz CT molecular complexity index is 520. The van der Waals surface area contributed by atoms with Gasteiger partial charge < -0.3 is 10.0 Å². The van der Waals surface area contributed by atoms with Crippen molar-refractivity contribution < 1.29 is 18.3 Å². The molecule has 0 spiro atoms. The quantitative estimate of drug-likeness (QED) is 0.865. The third-order valence-electron chi connectivity index (χ3n) is 4.82. The third kappa shape index (κ3) is 2.86. The molecule has 1 aliphatic heterocycles. The van der Waals surface area contributed by atoms with Crippen LogP contribution in [0.4, 0.5) is 19.0 Å². The summed E-state index contributed by atoms with van der Waals surface area (Å²) < 4.78 is 38.3. The van der Waals surface area contributed by atoms with E-state index in [1.54, 1.807) is 0 Å². The summed E-state index contributed by atoms with van der Waals surface area (Å²) in [6.07, 6.45) is 1.33. The molecule has 1 N–H and O–H groups in total. The minimum Gasteiger partial charge on any atom is -0.389 e. The van der Waals surface area contributed by atoms with E-state index in [9.17, 15) is 18.3 Å². The largest absolute Gasteiger partial charge is 0.416 e. The molecule has 6 heteroatoms. The molecule has 0 aromatic carbocycles. The molecule has 1 aromatic heterocycles. The number of piperidine rings is 1. The van der Waals surface area contributed by atoms with Crippen LogP contribution in [0.5, 0.6) is 0 Å². The first-order valence-corrected chi connectivity index (χ1v) is 7.39. The Morgan fingerprint density at radius 1 is 1.29 bits per heavy atom. The molecule has 1 aromatic rings. The normalized spacial score (nSPS) is 30.1. The Balaban J connectivity index is 1.79. The summed E-state index contributed by atoms with van der Waals surface area (Å²) in [6.45, 7) is 1.14. The van der Waals surface area contributed by atoms with Crippen molar-refractivity contribution in [1.29, 1.82) is 0 Å². The van der Waals surface area contributed by atoms with E-state index in [4.69, 9.17) is 0 Å². The number of halogens is 3. The highest BCUT2D eigenvalue weighted by molar-refractivity contribution is 5.43. The number of fused-ring (bicyclic) bond motifs is 1. The first kappa shape index (κ1) is 14.6. The molecule has 2 unspecified atom stereocenters. The van der Waals surface area contributed by atoms with Gasteiger partial charge in [0, 0.05) is 25.2 Å². The number of rotatable bonds is 1. The second-order valence-corrected chi connectivity index (χ2v) is 6.14. The molecule has 116 valence electrons. The van der Waals surface area contributed by atoms with E-state index in [0.29, 0.717) is 25.3 Å². The van der Waals surface area contributed by atoms with E-state index >= 15 is 0 Å². The van der Waals surface area contributed by atoms with Gasteiger partial charge in [0.05, 0.1) is 11.2 Å². The van der Waals surface area contributed by atoms with Crippen LogP contribution in [0, 0.1) is 5.92 Å². The zero-order valence-corrected chi connectivity index (χ0v) is 11.7. The van der Waals surface area contributed by atoms with Crippen LogP contribution in [0.15, 0.2) is 18.3 Å². The number of aromatic nitrogens is 1. The van der Waals surface area contributed by atoms with Crippen LogP contribution in [-0.2, 0) is 6.18 Å². The molecule has 3 nitrogen and oxygen atoms in total. The summed E-state index contributed by atoms with van der Waals surface area (Å²) in [4.78, 5) is 5.96. The predicted octanol–water partition coefficient (Wildman–Crippen LogP) is 3.23. The van der Waals surface area contributed by atoms with Gasteiger partial charge in [-0.15, -0.1) is 0 Å². The Kier molecular flexibility index (Phi) is 3.59. The fourth-order valence-electron chi connectivity index (χ4n) is 3.55. The van der Waals surface area contributed by atoms with Gasteiger partial charge in [0.2, 0.25) is 0 Å². The first-order valence-electron chi connectivity index (χ1n) is 7.39. The molecule has 2 atom stereocenters. The highest BCUT2D eigenvalue weighted by atomic mass is 19.4. The summed E-state index contributed by atoms with van der Waals surface area (Å²) in [5.74, 6) is 0.494. The molecular weight excluding hydrogens is 281 g/mol. The third-order valence-corrected chi connectivity index (χ3v) is 4.82.